The Bertz CT molecular complexity index is 644. The van der Waals surface area contributed by atoms with E-state index in [9.17, 15) is 4.79 Å². The summed E-state index contributed by atoms with van der Waals surface area (Å²) in [5.41, 5.74) is 1.91. The number of hydrogen-bond donors (Lipinski definition) is 1. The number of halogens is 1. The fourth-order valence-corrected chi connectivity index (χ4v) is 2.92. The molecule has 6 nitrogen and oxygen atoms in total. The third kappa shape index (κ3) is 7.65. The molecule has 0 amide bonds. The van der Waals surface area contributed by atoms with Crippen LogP contribution in [0.4, 0.5) is 0 Å². The molecule has 1 saturated heterocycles. The second-order valence-corrected chi connectivity index (χ2v) is 7.42. The molecule has 0 spiro atoms. The first-order chi connectivity index (χ1) is 12.3. The van der Waals surface area contributed by atoms with E-state index in [-0.39, 0.29) is 42.6 Å². The highest BCUT2D eigenvalue weighted by molar-refractivity contribution is 14.0. The van der Waals surface area contributed by atoms with Crippen molar-refractivity contribution in [3.63, 3.8) is 0 Å². The summed E-state index contributed by atoms with van der Waals surface area (Å²) in [6.07, 6.45) is -0.00432. The smallest absolute Gasteiger partial charge is 0.328 e. The van der Waals surface area contributed by atoms with Gasteiger partial charge in [-0.05, 0) is 45.7 Å². The van der Waals surface area contributed by atoms with Gasteiger partial charge in [-0.1, -0.05) is 24.3 Å². The van der Waals surface area contributed by atoms with Gasteiger partial charge >= 0.3 is 5.97 Å². The SMILES string of the molecule is CCNC(=NCC(=O)OC(C)(C)C)N1CCOC(c2ccccc2C)C1.I. The maximum absolute atomic E-state index is 12.0. The summed E-state index contributed by atoms with van der Waals surface area (Å²) in [6.45, 7) is 12.5. The number of aliphatic imine (C=N–C) groups is 1. The first-order valence-corrected chi connectivity index (χ1v) is 9.22. The van der Waals surface area contributed by atoms with Crippen LogP contribution in [0.15, 0.2) is 29.3 Å². The number of morpholine rings is 1. The van der Waals surface area contributed by atoms with Crippen LogP contribution >= 0.6 is 24.0 Å². The molecular formula is C20H32IN3O3. The van der Waals surface area contributed by atoms with Gasteiger partial charge in [-0.25, -0.2) is 4.99 Å². The lowest BCUT2D eigenvalue weighted by atomic mass is 10.0. The van der Waals surface area contributed by atoms with E-state index in [2.05, 4.69) is 34.3 Å². The fourth-order valence-electron chi connectivity index (χ4n) is 2.92. The standard InChI is InChI=1S/C20H31N3O3.HI/c1-6-21-19(22-13-18(24)26-20(3,4)5)23-11-12-25-17(14-23)16-10-8-7-9-15(16)2;/h7-10,17H,6,11-14H2,1-5H3,(H,21,22);1H. The summed E-state index contributed by atoms with van der Waals surface area (Å²) in [6, 6.07) is 8.27. The van der Waals surface area contributed by atoms with Crippen LogP contribution in [0, 0.1) is 6.92 Å². The third-order valence-electron chi connectivity index (χ3n) is 4.01. The van der Waals surface area contributed by atoms with Crippen LogP contribution in [0.3, 0.4) is 0 Å². The maximum atomic E-state index is 12.0. The minimum atomic E-state index is -0.500. The van der Waals surface area contributed by atoms with Crippen LogP contribution in [0.5, 0.6) is 0 Å². The summed E-state index contributed by atoms with van der Waals surface area (Å²) in [7, 11) is 0. The van der Waals surface area contributed by atoms with Crippen molar-refractivity contribution in [2.45, 2.75) is 46.3 Å². The molecule has 1 aromatic rings. The molecule has 0 bridgehead atoms. The van der Waals surface area contributed by atoms with Crippen molar-refractivity contribution in [3.8, 4) is 0 Å². The van der Waals surface area contributed by atoms with E-state index in [0.29, 0.717) is 13.2 Å². The monoisotopic (exact) mass is 489 g/mol. The average Bonchev–Trinajstić information content (AvgIpc) is 2.57. The number of nitrogens with one attached hydrogen (secondary N) is 1. The Balaban J connectivity index is 0.00000364. The Hall–Kier alpha value is -1.35. The number of hydrogen-bond acceptors (Lipinski definition) is 4. The fraction of sp³-hybridized carbons (Fsp3) is 0.600. The maximum Gasteiger partial charge on any atom is 0.328 e. The minimum Gasteiger partial charge on any atom is -0.459 e. The number of benzene rings is 1. The topological polar surface area (TPSA) is 63.2 Å². The zero-order valence-corrected chi connectivity index (χ0v) is 19.3. The number of carbonyl (C=O) groups is 1. The van der Waals surface area contributed by atoms with Gasteiger partial charge in [0, 0.05) is 13.1 Å². The second-order valence-electron chi connectivity index (χ2n) is 7.42. The molecule has 1 aliphatic heterocycles. The van der Waals surface area contributed by atoms with Gasteiger partial charge in [0.2, 0.25) is 0 Å². The van der Waals surface area contributed by atoms with Gasteiger partial charge in [0.25, 0.3) is 0 Å². The molecule has 152 valence electrons. The molecule has 1 heterocycles. The van der Waals surface area contributed by atoms with Crippen LogP contribution < -0.4 is 5.32 Å². The van der Waals surface area contributed by atoms with Gasteiger partial charge in [0.05, 0.1) is 13.2 Å². The van der Waals surface area contributed by atoms with Gasteiger partial charge < -0.3 is 19.7 Å². The molecule has 1 N–H and O–H groups in total. The summed E-state index contributed by atoms with van der Waals surface area (Å²) in [5.74, 6) is 0.400. The van der Waals surface area contributed by atoms with Gasteiger partial charge in [-0.2, -0.15) is 0 Å². The van der Waals surface area contributed by atoms with Crippen LogP contribution in [0.2, 0.25) is 0 Å². The average molecular weight is 489 g/mol. The molecule has 0 aliphatic carbocycles. The van der Waals surface area contributed by atoms with E-state index in [4.69, 9.17) is 9.47 Å². The Morgan fingerprint density at radius 3 is 2.70 bits per heavy atom. The Morgan fingerprint density at radius 1 is 1.37 bits per heavy atom. The van der Waals surface area contributed by atoms with Crippen LogP contribution in [-0.2, 0) is 14.3 Å². The number of ether oxygens (including phenoxy) is 2. The Kier molecular flexibility index (Phi) is 9.52. The molecule has 1 aromatic carbocycles. The first-order valence-electron chi connectivity index (χ1n) is 9.22. The van der Waals surface area contributed by atoms with Crippen molar-refractivity contribution in [2.24, 2.45) is 4.99 Å². The number of guanidine groups is 1. The van der Waals surface area contributed by atoms with Crippen molar-refractivity contribution >= 4 is 35.9 Å². The van der Waals surface area contributed by atoms with Crippen LogP contribution in [0.25, 0.3) is 0 Å². The van der Waals surface area contributed by atoms with E-state index < -0.39 is 5.60 Å². The number of esters is 1. The van der Waals surface area contributed by atoms with Crippen LogP contribution in [0.1, 0.15) is 44.9 Å². The first kappa shape index (κ1) is 23.7. The highest BCUT2D eigenvalue weighted by Gasteiger charge is 2.25. The minimum absolute atomic E-state index is 0. The summed E-state index contributed by atoms with van der Waals surface area (Å²) < 4.78 is 11.3. The van der Waals surface area contributed by atoms with Crippen molar-refractivity contribution in [1.29, 1.82) is 0 Å². The zero-order valence-electron chi connectivity index (χ0n) is 16.9. The van der Waals surface area contributed by atoms with Crippen molar-refractivity contribution in [3.05, 3.63) is 35.4 Å². The lowest BCUT2D eigenvalue weighted by Crippen LogP contribution is -2.48. The highest BCUT2D eigenvalue weighted by atomic mass is 127. The largest absolute Gasteiger partial charge is 0.459 e. The van der Waals surface area contributed by atoms with Crippen LogP contribution in [-0.4, -0.2) is 55.2 Å². The predicted molar refractivity (Wildman–Crippen MR) is 119 cm³/mol. The molecule has 0 saturated carbocycles. The molecule has 1 aliphatic rings. The lowest BCUT2D eigenvalue weighted by molar-refractivity contribution is -0.152. The molecule has 27 heavy (non-hydrogen) atoms. The number of rotatable bonds is 4. The lowest BCUT2D eigenvalue weighted by Gasteiger charge is -2.35. The summed E-state index contributed by atoms with van der Waals surface area (Å²) in [4.78, 5) is 18.6. The quantitative estimate of drug-likeness (QED) is 0.305. The molecule has 0 aromatic heterocycles. The zero-order chi connectivity index (χ0) is 19.2. The molecule has 1 fully saturated rings. The van der Waals surface area contributed by atoms with E-state index in [1.807, 2.05) is 39.8 Å². The number of nitrogens with zero attached hydrogens (tertiary/aromatic N) is 2. The normalized spacial score (nSPS) is 17.9. The summed E-state index contributed by atoms with van der Waals surface area (Å²) in [5, 5.41) is 3.27. The van der Waals surface area contributed by atoms with E-state index >= 15 is 0 Å². The van der Waals surface area contributed by atoms with Gasteiger partial charge in [0.15, 0.2) is 5.96 Å². The third-order valence-corrected chi connectivity index (χ3v) is 4.01. The van der Waals surface area contributed by atoms with Gasteiger partial charge in [-0.3, -0.25) is 4.79 Å². The van der Waals surface area contributed by atoms with E-state index in [1.54, 1.807) is 0 Å². The Labute approximate surface area is 179 Å². The molecule has 7 heteroatoms. The van der Waals surface area contributed by atoms with E-state index in [1.165, 1.54) is 11.1 Å². The second kappa shape index (κ2) is 10.8. The van der Waals surface area contributed by atoms with Crippen molar-refractivity contribution in [1.82, 2.24) is 10.2 Å². The predicted octanol–water partition coefficient (Wildman–Crippen LogP) is 3.29. The van der Waals surface area contributed by atoms with Gasteiger partial charge in [0.1, 0.15) is 18.2 Å². The number of aryl methyl sites for hydroxylation is 1. The molecule has 1 atom stereocenters. The summed E-state index contributed by atoms with van der Waals surface area (Å²) >= 11 is 0. The van der Waals surface area contributed by atoms with Gasteiger partial charge in [-0.15, -0.1) is 24.0 Å². The van der Waals surface area contributed by atoms with Crippen molar-refractivity contribution in [2.75, 3.05) is 32.8 Å². The Morgan fingerprint density at radius 2 is 2.07 bits per heavy atom. The number of carbonyl (C=O) groups excluding carboxylic acids is 1. The molecular weight excluding hydrogens is 457 g/mol. The molecule has 2 rings (SSSR count). The molecule has 0 radical (unpaired) electrons. The van der Waals surface area contributed by atoms with E-state index in [0.717, 1.165) is 19.0 Å². The molecule has 1 unspecified atom stereocenters. The highest BCUT2D eigenvalue weighted by Crippen LogP contribution is 2.25. The van der Waals surface area contributed by atoms with Crippen molar-refractivity contribution < 1.29 is 14.3 Å².